The predicted octanol–water partition coefficient (Wildman–Crippen LogP) is 3.04. The van der Waals surface area contributed by atoms with E-state index in [9.17, 15) is 4.79 Å². The van der Waals surface area contributed by atoms with Crippen molar-refractivity contribution in [1.82, 2.24) is 0 Å². The summed E-state index contributed by atoms with van der Waals surface area (Å²) in [5.74, 6) is 2.60. The van der Waals surface area contributed by atoms with E-state index in [1.165, 1.54) is 6.42 Å². The van der Waals surface area contributed by atoms with Gasteiger partial charge in [0.1, 0.15) is 5.78 Å². The van der Waals surface area contributed by atoms with Crippen LogP contribution in [0.2, 0.25) is 0 Å². The van der Waals surface area contributed by atoms with Crippen LogP contribution in [-0.4, -0.2) is 5.78 Å². The van der Waals surface area contributed by atoms with E-state index in [1.807, 2.05) is 0 Å². The highest BCUT2D eigenvalue weighted by molar-refractivity contribution is 5.79. The topological polar surface area (TPSA) is 17.1 Å². The third kappa shape index (κ3) is 2.33. The van der Waals surface area contributed by atoms with Gasteiger partial charge in [0.05, 0.1) is 0 Å². The van der Waals surface area contributed by atoms with Crippen molar-refractivity contribution in [2.24, 2.45) is 17.8 Å². The second kappa shape index (κ2) is 4.06. The lowest BCUT2D eigenvalue weighted by atomic mass is 9.76. The fourth-order valence-electron chi connectivity index (χ4n) is 2.05. The Labute approximate surface area is 75.5 Å². The maximum absolute atomic E-state index is 11.2. The van der Waals surface area contributed by atoms with Crippen LogP contribution in [0.15, 0.2) is 0 Å². The first-order valence-corrected chi connectivity index (χ1v) is 5.13. The number of ketones is 1. The van der Waals surface area contributed by atoms with Gasteiger partial charge in [0.2, 0.25) is 0 Å². The average Bonchev–Trinajstić information content (AvgIpc) is 2.03. The standard InChI is InChI=1S/C11H20O/c1-8(2)9(3)10-5-4-6-11(12)7-10/h8-10H,4-7H2,1-3H3. The summed E-state index contributed by atoms with van der Waals surface area (Å²) in [6.45, 7) is 6.79. The van der Waals surface area contributed by atoms with Gasteiger partial charge in [0.25, 0.3) is 0 Å². The molecule has 0 heterocycles. The monoisotopic (exact) mass is 168 g/mol. The summed E-state index contributed by atoms with van der Waals surface area (Å²) in [5.41, 5.74) is 0. The highest BCUT2D eigenvalue weighted by Crippen LogP contribution is 2.31. The summed E-state index contributed by atoms with van der Waals surface area (Å²) in [6.07, 6.45) is 4.08. The molecular formula is C11H20O. The molecule has 70 valence electrons. The van der Waals surface area contributed by atoms with Gasteiger partial charge in [-0.05, 0) is 30.6 Å². The summed E-state index contributed by atoms with van der Waals surface area (Å²) in [7, 11) is 0. The van der Waals surface area contributed by atoms with E-state index in [0.717, 1.165) is 25.2 Å². The fourth-order valence-corrected chi connectivity index (χ4v) is 2.05. The second-order valence-electron chi connectivity index (χ2n) is 4.50. The molecular weight excluding hydrogens is 148 g/mol. The molecule has 0 radical (unpaired) electrons. The molecule has 1 rings (SSSR count). The molecule has 0 aromatic rings. The quantitative estimate of drug-likeness (QED) is 0.619. The van der Waals surface area contributed by atoms with E-state index in [4.69, 9.17) is 0 Å². The van der Waals surface area contributed by atoms with E-state index >= 15 is 0 Å². The lowest BCUT2D eigenvalue weighted by molar-refractivity contribution is -0.122. The van der Waals surface area contributed by atoms with E-state index in [2.05, 4.69) is 20.8 Å². The van der Waals surface area contributed by atoms with Crippen LogP contribution < -0.4 is 0 Å². The van der Waals surface area contributed by atoms with Gasteiger partial charge in [-0.3, -0.25) is 4.79 Å². The largest absolute Gasteiger partial charge is 0.300 e. The maximum atomic E-state index is 11.2. The van der Waals surface area contributed by atoms with Crippen molar-refractivity contribution in [1.29, 1.82) is 0 Å². The SMILES string of the molecule is CC(C)C(C)C1CCCC(=O)C1. The number of Topliss-reactive ketones (excluding diaryl/α,β-unsaturated/α-hetero) is 1. The number of carbonyl (C=O) groups is 1. The third-order valence-corrected chi connectivity index (χ3v) is 3.32. The number of hydrogen-bond donors (Lipinski definition) is 0. The molecule has 0 bridgehead atoms. The zero-order valence-electron chi connectivity index (χ0n) is 8.47. The molecule has 0 aromatic carbocycles. The zero-order valence-corrected chi connectivity index (χ0v) is 8.47. The van der Waals surface area contributed by atoms with E-state index < -0.39 is 0 Å². The minimum atomic E-state index is 0.485. The van der Waals surface area contributed by atoms with Crippen molar-refractivity contribution in [2.75, 3.05) is 0 Å². The fraction of sp³-hybridized carbons (Fsp3) is 0.909. The molecule has 12 heavy (non-hydrogen) atoms. The lowest BCUT2D eigenvalue weighted by Crippen LogP contribution is -2.24. The van der Waals surface area contributed by atoms with Crippen molar-refractivity contribution >= 4 is 5.78 Å². The first-order valence-electron chi connectivity index (χ1n) is 5.13. The van der Waals surface area contributed by atoms with Crippen LogP contribution in [0.25, 0.3) is 0 Å². The Morgan fingerprint density at radius 1 is 1.33 bits per heavy atom. The van der Waals surface area contributed by atoms with Crippen LogP contribution in [0.3, 0.4) is 0 Å². The van der Waals surface area contributed by atoms with Gasteiger partial charge in [0, 0.05) is 12.8 Å². The lowest BCUT2D eigenvalue weighted by Gasteiger charge is -2.29. The summed E-state index contributed by atoms with van der Waals surface area (Å²) < 4.78 is 0. The van der Waals surface area contributed by atoms with Gasteiger partial charge in [-0.1, -0.05) is 20.8 Å². The highest BCUT2D eigenvalue weighted by Gasteiger charge is 2.25. The van der Waals surface area contributed by atoms with Crippen LogP contribution in [0.1, 0.15) is 46.5 Å². The summed E-state index contributed by atoms with van der Waals surface area (Å²) >= 11 is 0. The molecule has 0 saturated heterocycles. The molecule has 2 atom stereocenters. The number of rotatable bonds is 2. The Balaban J connectivity index is 2.45. The average molecular weight is 168 g/mol. The number of carbonyl (C=O) groups excluding carboxylic acids is 1. The van der Waals surface area contributed by atoms with Gasteiger partial charge in [0.15, 0.2) is 0 Å². The van der Waals surface area contributed by atoms with Crippen molar-refractivity contribution in [3.63, 3.8) is 0 Å². The molecule has 1 saturated carbocycles. The van der Waals surface area contributed by atoms with Crippen molar-refractivity contribution in [3.05, 3.63) is 0 Å². The van der Waals surface area contributed by atoms with Crippen LogP contribution in [0.5, 0.6) is 0 Å². The molecule has 0 aromatic heterocycles. The van der Waals surface area contributed by atoms with E-state index in [1.54, 1.807) is 0 Å². The molecule has 2 unspecified atom stereocenters. The van der Waals surface area contributed by atoms with Crippen LogP contribution in [0, 0.1) is 17.8 Å². The first kappa shape index (κ1) is 9.76. The maximum Gasteiger partial charge on any atom is 0.133 e. The second-order valence-corrected chi connectivity index (χ2v) is 4.50. The van der Waals surface area contributed by atoms with Crippen LogP contribution >= 0.6 is 0 Å². The van der Waals surface area contributed by atoms with Crippen LogP contribution in [0.4, 0.5) is 0 Å². The van der Waals surface area contributed by atoms with Crippen LogP contribution in [-0.2, 0) is 4.79 Å². The molecule has 0 N–H and O–H groups in total. The molecule has 0 amide bonds. The van der Waals surface area contributed by atoms with Crippen molar-refractivity contribution < 1.29 is 4.79 Å². The molecule has 0 spiro atoms. The molecule has 1 nitrogen and oxygen atoms in total. The summed E-state index contributed by atoms with van der Waals surface area (Å²) in [6, 6.07) is 0. The van der Waals surface area contributed by atoms with Gasteiger partial charge < -0.3 is 0 Å². The van der Waals surface area contributed by atoms with Gasteiger partial charge >= 0.3 is 0 Å². The Morgan fingerprint density at radius 2 is 2.00 bits per heavy atom. The number of hydrogen-bond acceptors (Lipinski definition) is 1. The highest BCUT2D eigenvalue weighted by atomic mass is 16.1. The van der Waals surface area contributed by atoms with Gasteiger partial charge in [-0.15, -0.1) is 0 Å². The van der Waals surface area contributed by atoms with E-state index in [-0.39, 0.29) is 0 Å². The predicted molar refractivity (Wildman–Crippen MR) is 51.0 cm³/mol. The molecule has 1 heteroatoms. The Bertz CT molecular complexity index is 160. The summed E-state index contributed by atoms with van der Waals surface area (Å²) in [5, 5.41) is 0. The Hall–Kier alpha value is -0.330. The zero-order chi connectivity index (χ0) is 9.14. The Morgan fingerprint density at radius 3 is 2.50 bits per heavy atom. The summed E-state index contributed by atoms with van der Waals surface area (Å²) in [4.78, 5) is 11.2. The van der Waals surface area contributed by atoms with E-state index in [0.29, 0.717) is 17.6 Å². The third-order valence-electron chi connectivity index (χ3n) is 3.32. The van der Waals surface area contributed by atoms with Crippen molar-refractivity contribution in [3.8, 4) is 0 Å². The normalized spacial score (nSPS) is 27.7. The minimum Gasteiger partial charge on any atom is -0.300 e. The van der Waals surface area contributed by atoms with Gasteiger partial charge in [-0.2, -0.15) is 0 Å². The first-order chi connectivity index (χ1) is 5.61. The molecule has 1 aliphatic carbocycles. The molecule has 1 fully saturated rings. The molecule has 1 aliphatic rings. The molecule has 0 aliphatic heterocycles. The van der Waals surface area contributed by atoms with Gasteiger partial charge in [-0.25, -0.2) is 0 Å². The smallest absolute Gasteiger partial charge is 0.133 e. The minimum absolute atomic E-state index is 0.485. The Kier molecular flexibility index (Phi) is 3.30. The van der Waals surface area contributed by atoms with Crippen molar-refractivity contribution in [2.45, 2.75) is 46.5 Å².